The van der Waals surface area contributed by atoms with Gasteiger partial charge in [-0.1, -0.05) is 54.6 Å². The minimum absolute atomic E-state index is 0.0345. The molecule has 0 atom stereocenters. The summed E-state index contributed by atoms with van der Waals surface area (Å²) < 4.78 is 2.29. The number of likely N-dealkylation sites (N-methyl/N-ethyl adjacent to an activating group) is 1. The van der Waals surface area contributed by atoms with E-state index in [1.54, 1.807) is 42.6 Å². The third-order valence-corrected chi connectivity index (χ3v) is 8.22. The van der Waals surface area contributed by atoms with Gasteiger partial charge in [0.15, 0.2) is 0 Å². The number of hydrogen-bond donors (Lipinski definition) is 0. The molecule has 4 aromatic rings. The maximum atomic E-state index is 12.9. The number of carbonyl (C=O) groups is 2. The zero-order chi connectivity index (χ0) is 23.8. The van der Waals surface area contributed by atoms with Crippen molar-refractivity contribution in [3.8, 4) is 27.6 Å². The standard InChI is InChI=1S/C28H20N2O2S2/c1-3-30-27(31)22(17(2)23(16-29)28(30)32)13-21-14-25-26(33-21)15-24(34-25)20-11-9-19(10-12-20)18-7-5-4-6-8-18/h4-15H,3H2,1-2H3/b22-13-. The number of benzene rings is 2. The van der Waals surface area contributed by atoms with Gasteiger partial charge in [0.25, 0.3) is 11.8 Å². The molecule has 0 spiro atoms. The van der Waals surface area contributed by atoms with Crippen molar-refractivity contribution in [2.24, 2.45) is 0 Å². The largest absolute Gasteiger partial charge is 0.274 e. The molecule has 0 N–H and O–H groups in total. The lowest BCUT2D eigenvalue weighted by atomic mass is 9.95. The lowest BCUT2D eigenvalue weighted by Gasteiger charge is -2.26. The number of rotatable bonds is 4. The highest BCUT2D eigenvalue weighted by atomic mass is 32.1. The summed E-state index contributed by atoms with van der Waals surface area (Å²) in [4.78, 5) is 28.5. The van der Waals surface area contributed by atoms with Crippen LogP contribution in [-0.4, -0.2) is 23.3 Å². The van der Waals surface area contributed by atoms with E-state index in [2.05, 4.69) is 48.5 Å². The fourth-order valence-corrected chi connectivity index (χ4v) is 6.44. The summed E-state index contributed by atoms with van der Waals surface area (Å²) in [5.41, 5.74) is 4.44. The molecule has 166 valence electrons. The van der Waals surface area contributed by atoms with Gasteiger partial charge in [-0.05, 0) is 54.3 Å². The maximum Gasteiger partial charge on any atom is 0.271 e. The lowest BCUT2D eigenvalue weighted by molar-refractivity contribution is -0.140. The Hall–Kier alpha value is -3.79. The number of fused-ring (bicyclic) bond motifs is 1. The smallest absolute Gasteiger partial charge is 0.271 e. The molecule has 0 aliphatic carbocycles. The van der Waals surface area contributed by atoms with Crippen LogP contribution in [0, 0.1) is 11.3 Å². The predicted octanol–water partition coefficient (Wildman–Crippen LogP) is 6.91. The Morgan fingerprint density at radius 3 is 2.18 bits per heavy atom. The fourth-order valence-electron chi connectivity index (χ4n) is 4.08. The molecule has 34 heavy (non-hydrogen) atoms. The van der Waals surface area contributed by atoms with Gasteiger partial charge >= 0.3 is 0 Å². The van der Waals surface area contributed by atoms with Crippen molar-refractivity contribution < 1.29 is 9.59 Å². The van der Waals surface area contributed by atoms with Crippen LogP contribution in [0.3, 0.4) is 0 Å². The van der Waals surface area contributed by atoms with Gasteiger partial charge in [-0.3, -0.25) is 14.5 Å². The van der Waals surface area contributed by atoms with Crippen LogP contribution < -0.4 is 0 Å². The predicted molar refractivity (Wildman–Crippen MR) is 139 cm³/mol. The van der Waals surface area contributed by atoms with Crippen LogP contribution in [0.15, 0.2) is 83.4 Å². The van der Waals surface area contributed by atoms with Gasteiger partial charge < -0.3 is 0 Å². The average Bonchev–Trinajstić information content (AvgIpc) is 3.42. The molecule has 5 rings (SSSR count). The molecule has 4 nitrogen and oxygen atoms in total. The number of imide groups is 1. The zero-order valence-corrected chi connectivity index (χ0v) is 20.3. The van der Waals surface area contributed by atoms with E-state index in [0.29, 0.717) is 11.1 Å². The molecule has 0 radical (unpaired) electrons. The topological polar surface area (TPSA) is 61.2 Å². The van der Waals surface area contributed by atoms with Gasteiger partial charge in [0.1, 0.15) is 11.6 Å². The molecule has 2 amide bonds. The highest BCUT2D eigenvalue weighted by Crippen LogP contribution is 2.40. The molecule has 0 saturated heterocycles. The number of carbonyl (C=O) groups excluding carboxylic acids is 2. The van der Waals surface area contributed by atoms with Crippen LogP contribution in [0.1, 0.15) is 18.7 Å². The van der Waals surface area contributed by atoms with E-state index in [4.69, 9.17) is 0 Å². The lowest BCUT2D eigenvalue weighted by Crippen LogP contribution is -2.42. The van der Waals surface area contributed by atoms with Crippen molar-refractivity contribution >= 4 is 50.0 Å². The van der Waals surface area contributed by atoms with E-state index in [1.165, 1.54) is 21.6 Å². The average molecular weight is 481 g/mol. The first-order valence-corrected chi connectivity index (χ1v) is 12.5. The van der Waals surface area contributed by atoms with E-state index in [0.717, 1.165) is 19.2 Å². The Balaban J connectivity index is 1.46. The van der Waals surface area contributed by atoms with Crippen molar-refractivity contribution in [3.05, 3.63) is 88.3 Å². The van der Waals surface area contributed by atoms with Gasteiger partial charge in [0.2, 0.25) is 0 Å². The van der Waals surface area contributed by atoms with E-state index in [1.807, 2.05) is 24.3 Å². The van der Waals surface area contributed by atoms with Crippen molar-refractivity contribution in [3.63, 3.8) is 0 Å². The Kier molecular flexibility index (Phi) is 5.74. The van der Waals surface area contributed by atoms with E-state index < -0.39 is 5.91 Å². The number of amides is 2. The second-order valence-electron chi connectivity index (χ2n) is 7.96. The summed E-state index contributed by atoms with van der Waals surface area (Å²) >= 11 is 3.32. The molecule has 2 aromatic heterocycles. The van der Waals surface area contributed by atoms with Gasteiger partial charge in [-0.2, -0.15) is 5.26 Å². The number of hydrogen-bond acceptors (Lipinski definition) is 5. The van der Waals surface area contributed by atoms with Crippen molar-refractivity contribution in [2.45, 2.75) is 13.8 Å². The third kappa shape index (κ3) is 3.79. The Labute approximate surface area is 205 Å². The van der Waals surface area contributed by atoms with Gasteiger partial charge in [0, 0.05) is 31.3 Å². The number of nitrogens with zero attached hydrogens (tertiary/aromatic N) is 2. The number of thiophene rings is 2. The molecule has 1 aliphatic heterocycles. The van der Waals surface area contributed by atoms with Gasteiger partial charge in [-0.15, -0.1) is 22.7 Å². The summed E-state index contributed by atoms with van der Waals surface area (Å²) in [5.74, 6) is -0.861. The molecule has 0 fully saturated rings. The molecule has 1 aliphatic rings. The van der Waals surface area contributed by atoms with Gasteiger partial charge in [-0.25, -0.2) is 0 Å². The summed E-state index contributed by atoms with van der Waals surface area (Å²) in [6.07, 6.45) is 1.80. The summed E-state index contributed by atoms with van der Waals surface area (Å²) in [6.45, 7) is 3.64. The molecule has 0 saturated carbocycles. The maximum absolute atomic E-state index is 12.9. The van der Waals surface area contributed by atoms with E-state index >= 15 is 0 Å². The summed E-state index contributed by atoms with van der Waals surface area (Å²) in [7, 11) is 0. The second kappa shape index (κ2) is 8.86. The first-order chi connectivity index (χ1) is 16.5. The normalized spacial score (nSPS) is 15.4. The molecule has 0 unspecified atom stereocenters. The van der Waals surface area contributed by atoms with Crippen LogP contribution >= 0.6 is 22.7 Å². The summed E-state index contributed by atoms with van der Waals surface area (Å²) in [5, 5.41) is 9.43. The monoisotopic (exact) mass is 480 g/mol. The quantitative estimate of drug-likeness (QED) is 0.236. The Morgan fingerprint density at radius 1 is 0.882 bits per heavy atom. The Morgan fingerprint density at radius 2 is 1.53 bits per heavy atom. The summed E-state index contributed by atoms with van der Waals surface area (Å²) in [6, 6.07) is 25.1. The zero-order valence-electron chi connectivity index (χ0n) is 18.7. The van der Waals surface area contributed by atoms with Crippen molar-refractivity contribution in [1.82, 2.24) is 4.90 Å². The molecule has 6 heteroatoms. The van der Waals surface area contributed by atoms with Gasteiger partial charge in [0.05, 0.1) is 0 Å². The fraction of sp³-hybridized carbons (Fsp3) is 0.107. The molecular weight excluding hydrogens is 460 g/mol. The van der Waals surface area contributed by atoms with E-state index in [9.17, 15) is 14.9 Å². The van der Waals surface area contributed by atoms with Crippen LogP contribution in [0.5, 0.6) is 0 Å². The van der Waals surface area contributed by atoms with E-state index in [-0.39, 0.29) is 18.0 Å². The Bertz CT molecular complexity index is 1500. The first kappa shape index (κ1) is 22.0. The molecule has 3 heterocycles. The minimum atomic E-state index is -0.514. The number of nitriles is 1. The van der Waals surface area contributed by atoms with Crippen LogP contribution in [0.2, 0.25) is 0 Å². The third-order valence-electron chi connectivity index (χ3n) is 5.93. The SMILES string of the molecule is CCN1C(=O)C(C#N)=C(C)/C(=C/c2cc3sc(-c4ccc(-c5ccccc5)cc4)cc3s2)C1=O. The minimum Gasteiger partial charge on any atom is -0.274 e. The van der Waals surface area contributed by atoms with Crippen LogP contribution in [0.4, 0.5) is 0 Å². The second-order valence-corrected chi connectivity index (χ2v) is 10.2. The van der Waals surface area contributed by atoms with Crippen molar-refractivity contribution in [2.75, 3.05) is 6.54 Å². The highest BCUT2D eigenvalue weighted by molar-refractivity contribution is 7.29. The van der Waals surface area contributed by atoms with Crippen LogP contribution in [-0.2, 0) is 9.59 Å². The highest BCUT2D eigenvalue weighted by Gasteiger charge is 2.34. The van der Waals surface area contributed by atoms with Crippen molar-refractivity contribution in [1.29, 1.82) is 5.26 Å². The molecule has 0 bridgehead atoms. The molecule has 2 aromatic carbocycles. The first-order valence-electron chi connectivity index (χ1n) is 10.9. The van der Waals surface area contributed by atoms with Crippen LogP contribution in [0.25, 0.3) is 37.0 Å². The molecular formula is C28H20N2O2S2.